The lowest BCUT2D eigenvalue weighted by Crippen LogP contribution is -2.05. The average Bonchev–Trinajstić information content (AvgIpc) is 2.81. The van der Waals surface area contributed by atoms with E-state index in [-0.39, 0.29) is 0 Å². The molecular weight excluding hydrogens is 398 g/mol. The molecule has 5 heteroatoms. The van der Waals surface area contributed by atoms with Crippen LogP contribution in [0.25, 0.3) is 6.08 Å². The molecule has 1 aliphatic rings. The van der Waals surface area contributed by atoms with Crippen molar-refractivity contribution in [2.24, 2.45) is 4.99 Å². The van der Waals surface area contributed by atoms with Gasteiger partial charge >= 0.3 is 5.97 Å². The molecule has 104 valence electrons. The Hall–Kier alpha value is -1.72. The molecule has 21 heavy (non-hydrogen) atoms. The number of carbonyl (C=O) groups excluding carboxylic acids is 1. The van der Waals surface area contributed by atoms with E-state index in [9.17, 15) is 4.79 Å². The van der Waals surface area contributed by atoms with Crippen LogP contribution in [0, 0.1) is 0 Å². The van der Waals surface area contributed by atoms with Crippen molar-refractivity contribution >= 4 is 49.8 Å². The molecule has 1 aliphatic heterocycles. The Morgan fingerprint density at radius 3 is 2.48 bits per heavy atom. The summed E-state index contributed by atoms with van der Waals surface area (Å²) in [6, 6.07) is 15.1. The van der Waals surface area contributed by atoms with E-state index >= 15 is 0 Å². The van der Waals surface area contributed by atoms with Gasteiger partial charge in [0, 0.05) is 14.5 Å². The SMILES string of the molecule is O=C1OC(c2ccc(Br)cc2)=NC1=Cc1cccc(Br)c1. The second-order valence-electron chi connectivity index (χ2n) is 4.40. The molecule has 0 bridgehead atoms. The van der Waals surface area contributed by atoms with Gasteiger partial charge in [-0.05, 0) is 48.0 Å². The Bertz CT molecular complexity index is 764. The molecule has 0 aliphatic carbocycles. The Morgan fingerprint density at radius 2 is 1.76 bits per heavy atom. The summed E-state index contributed by atoms with van der Waals surface area (Å²) >= 11 is 6.76. The predicted molar refractivity (Wildman–Crippen MR) is 88.9 cm³/mol. The Kier molecular flexibility index (Phi) is 4.03. The minimum atomic E-state index is -0.437. The number of aliphatic imine (C=N–C) groups is 1. The van der Waals surface area contributed by atoms with E-state index in [1.54, 1.807) is 6.08 Å². The van der Waals surface area contributed by atoms with Crippen LogP contribution in [0.5, 0.6) is 0 Å². The molecular formula is C16H9Br2NO2. The molecule has 3 rings (SSSR count). The molecule has 0 amide bonds. The van der Waals surface area contributed by atoms with E-state index in [1.807, 2.05) is 48.5 Å². The van der Waals surface area contributed by atoms with Crippen molar-refractivity contribution in [1.82, 2.24) is 0 Å². The molecule has 0 atom stereocenters. The van der Waals surface area contributed by atoms with Crippen LogP contribution in [0.15, 0.2) is 68.2 Å². The van der Waals surface area contributed by atoms with Crippen molar-refractivity contribution in [3.05, 3.63) is 74.3 Å². The van der Waals surface area contributed by atoms with Crippen molar-refractivity contribution in [2.45, 2.75) is 0 Å². The van der Waals surface area contributed by atoms with Gasteiger partial charge in [0.25, 0.3) is 0 Å². The van der Waals surface area contributed by atoms with Crippen molar-refractivity contribution in [3.63, 3.8) is 0 Å². The number of nitrogens with zero attached hydrogens (tertiary/aromatic N) is 1. The van der Waals surface area contributed by atoms with Gasteiger partial charge in [0.05, 0.1) is 0 Å². The van der Waals surface area contributed by atoms with Crippen LogP contribution in [-0.4, -0.2) is 11.9 Å². The average molecular weight is 407 g/mol. The number of ether oxygens (including phenoxy) is 1. The summed E-state index contributed by atoms with van der Waals surface area (Å²) in [5, 5.41) is 0. The van der Waals surface area contributed by atoms with E-state index in [4.69, 9.17) is 4.74 Å². The van der Waals surface area contributed by atoms with Gasteiger partial charge in [0.15, 0.2) is 5.70 Å². The number of esters is 1. The number of carbonyl (C=O) groups is 1. The van der Waals surface area contributed by atoms with Crippen LogP contribution < -0.4 is 0 Å². The van der Waals surface area contributed by atoms with Crippen molar-refractivity contribution in [3.8, 4) is 0 Å². The van der Waals surface area contributed by atoms with Crippen molar-refractivity contribution in [2.75, 3.05) is 0 Å². The second-order valence-corrected chi connectivity index (χ2v) is 6.23. The molecule has 0 radical (unpaired) electrons. The van der Waals surface area contributed by atoms with E-state index in [0.29, 0.717) is 11.6 Å². The highest BCUT2D eigenvalue weighted by molar-refractivity contribution is 9.10. The molecule has 0 fully saturated rings. The van der Waals surface area contributed by atoms with E-state index in [0.717, 1.165) is 20.1 Å². The molecule has 1 heterocycles. The number of cyclic esters (lactones) is 1. The minimum absolute atomic E-state index is 0.297. The zero-order valence-electron chi connectivity index (χ0n) is 10.7. The summed E-state index contributed by atoms with van der Waals surface area (Å²) in [5.41, 5.74) is 1.95. The quantitative estimate of drug-likeness (QED) is 0.541. The Morgan fingerprint density at radius 1 is 1.00 bits per heavy atom. The van der Waals surface area contributed by atoms with E-state index in [2.05, 4.69) is 36.9 Å². The first kappa shape index (κ1) is 14.2. The van der Waals surface area contributed by atoms with Gasteiger partial charge in [-0.1, -0.05) is 44.0 Å². The number of hydrogen-bond acceptors (Lipinski definition) is 3. The van der Waals surface area contributed by atoms with Crippen LogP contribution in [0.1, 0.15) is 11.1 Å². The minimum Gasteiger partial charge on any atom is -0.402 e. The van der Waals surface area contributed by atoms with Crippen molar-refractivity contribution < 1.29 is 9.53 Å². The molecule has 0 aromatic heterocycles. The van der Waals surface area contributed by atoms with Gasteiger partial charge in [-0.3, -0.25) is 0 Å². The third-order valence-electron chi connectivity index (χ3n) is 2.86. The van der Waals surface area contributed by atoms with Crippen LogP contribution in [0.3, 0.4) is 0 Å². The summed E-state index contributed by atoms with van der Waals surface area (Å²) in [7, 11) is 0. The lowest BCUT2D eigenvalue weighted by Gasteiger charge is -1.98. The second kappa shape index (κ2) is 5.95. The fourth-order valence-corrected chi connectivity index (χ4v) is 2.56. The largest absolute Gasteiger partial charge is 0.402 e. The standard InChI is InChI=1S/C16H9Br2NO2/c17-12-6-4-11(5-7-12)15-19-14(16(20)21-15)9-10-2-1-3-13(18)8-10/h1-9H. The maximum Gasteiger partial charge on any atom is 0.363 e. The highest BCUT2D eigenvalue weighted by Gasteiger charge is 2.23. The third-order valence-corrected chi connectivity index (χ3v) is 3.89. The highest BCUT2D eigenvalue weighted by Crippen LogP contribution is 2.21. The maximum atomic E-state index is 11.9. The smallest absolute Gasteiger partial charge is 0.363 e. The zero-order chi connectivity index (χ0) is 14.8. The third kappa shape index (κ3) is 3.31. The molecule has 0 saturated carbocycles. The Labute approximate surface area is 138 Å². The van der Waals surface area contributed by atoms with Gasteiger partial charge in [-0.25, -0.2) is 9.79 Å². The summed E-state index contributed by atoms with van der Waals surface area (Å²) < 4.78 is 7.12. The monoisotopic (exact) mass is 405 g/mol. The molecule has 2 aromatic rings. The summed E-state index contributed by atoms with van der Waals surface area (Å²) in [6.45, 7) is 0. The fourth-order valence-electron chi connectivity index (χ4n) is 1.88. The molecule has 0 spiro atoms. The van der Waals surface area contributed by atoms with Crippen LogP contribution >= 0.6 is 31.9 Å². The van der Waals surface area contributed by atoms with Gasteiger partial charge in [0.1, 0.15) is 0 Å². The first-order chi connectivity index (χ1) is 10.1. The summed E-state index contributed by atoms with van der Waals surface area (Å²) in [4.78, 5) is 16.2. The number of benzene rings is 2. The Balaban J connectivity index is 1.93. The van der Waals surface area contributed by atoms with Gasteiger partial charge in [-0.15, -0.1) is 0 Å². The zero-order valence-corrected chi connectivity index (χ0v) is 13.9. The predicted octanol–water partition coefficient (Wildman–Crippen LogP) is 4.56. The van der Waals surface area contributed by atoms with E-state index in [1.165, 1.54) is 0 Å². The normalized spacial score (nSPS) is 16.0. The fraction of sp³-hybridized carbons (Fsp3) is 0. The van der Waals surface area contributed by atoms with Gasteiger partial charge in [-0.2, -0.15) is 0 Å². The first-order valence-corrected chi connectivity index (χ1v) is 7.74. The molecule has 0 unspecified atom stereocenters. The van der Waals surface area contributed by atoms with Crippen LogP contribution in [0.2, 0.25) is 0 Å². The molecule has 0 saturated heterocycles. The van der Waals surface area contributed by atoms with E-state index < -0.39 is 5.97 Å². The van der Waals surface area contributed by atoms with Crippen LogP contribution in [0.4, 0.5) is 0 Å². The lowest BCUT2D eigenvalue weighted by atomic mass is 10.2. The first-order valence-electron chi connectivity index (χ1n) is 6.16. The lowest BCUT2D eigenvalue weighted by molar-refractivity contribution is -0.129. The molecule has 3 nitrogen and oxygen atoms in total. The van der Waals surface area contributed by atoms with Crippen molar-refractivity contribution in [1.29, 1.82) is 0 Å². The summed E-state index contributed by atoms with van der Waals surface area (Å²) in [5.74, 6) is -0.110. The number of halogens is 2. The molecule has 2 aromatic carbocycles. The topological polar surface area (TPSA) is 38.7 Å². The highest BCUT2D eigenvalue weighted by atomic mass is 79.9. The summed E-state index contributed by atoms with van der Waals surface area (Å²) in [6.07, 6.45) is 1.71. The van der Waals surface area contributed by atoms with Gasteiger partial charge in [0.2, 0.25) is 5.90 Å². The van der Waals surface area contributed by atoms with Gasteiger partial charge < -0.3 is 4.74 Å². The maximum absolute atomic E-state index is 11.9. The molecule has 0 N–H and O–H groups in total. The number of rotatable bonds is 2. The van der Waals surface area contributed by atoms with Crippen LogP contribution in [-0.2, 0) is 9.53 Å². The number of hydrogen-bond donors (Lipinski definition) is 0.